The van der Waals surface area contributed by atoms with Crippen molar-refractivity contribution < 1.29 is 5.21 Å². The van der Waals surface area contributed by atoms with Crippen molar-refractivity contribution in [2.75, 3.05) is 0 Å². The van der Waals surface area contributed by atoms with E-state index in [0.717, 1.165) is 4.88 Å². The maximum atomic E-state index is 8.77. The number of hydrogen-bond donors (Lipinski definition) is 2. The minimum atomic E-state index is 0.0115. The Hall–Kier alpha value is -0.900. The zero-order valence-corrected chi connectivity index (χ0v) is 8.14. The lowest BCUT2D eigenvalue weighted by atomic mass is 10.2. The lowest BCUT2D eigenvalue weighted by molar-refractivity contribution is 0.135. The molecule has 0 saturated heterocycles. The summed E-state index contributed by atoms with van der Waals surface area (Å²) in [5.74, 6) is 0. The van der Waals surface area contributed by atoms with Gasteiger partial charge in [0, 0.05) is 9.58 Å². The number of thiophene rings is 1. The highest BCUT2D eigenvalue weighted by molar-refractivity contribution is 7.19. The van der Waals surface area contributed by atoms with Crippen LogP contribution in [0.4, 0.5) is 0 Å². The average molecular weight is 193 g/mol. The van der Waals surface area contributed by atoms with Crippen LogP contribution in [0.25, 0.3) is 10.1 Å². The van der Waals surface area contributed by atoms with Crippen molar-refractivity contribution in [3.63, 3.8) is 0 Å². The molecule has 0 aliphatic heterocycles. The van der Waals surface area contributed by atoms with E-state index in [-0.39, 0.29) is 6.04 Å². The zero-order chi connectivity index (χ0) is 9.26. The molecule has 3 heteroatoms. The van der Waals surface area contributed by atoms with Gasteiger partial charge in [-0.25, -0.2) is 0 Å². The maximum absolute atomic E-state index is 8.77. The predicted octanol–water partition coefficient (Wildman–Crippen LogP) is 2.94. The Morgan fingerprint density at radius 1 is 1.38 bits per heavy atom. The molecule has 0 amide bonds. The standard InChI is InChI=1S/C10H11NOS/c1-7(11-12)10-6-8-4-2-3-5-9(8)13-10/h2-7,11-12H,1H3/t7-/m1/s1. The quantitative estimate of drug-likeness (QED) is 0.719. The van der Waals surface area contributed by atoms with Crippen LogP contribution in [0.15, 0.2) is 30.3 Å². The van der Waals surface area contributed by atoms with Crippen LogP contribution in [-0.4, -0.2) is 5.21 Å². The summed E-state index contributed by atoms with van der Waals surface area (Å²) in [5, 5.41) is 10.0. The van der Waals surface area contributed by atoms with E-state index >= 15 is 0 Å². The first-order valence-electron chi connectivity index (χ1n) is 4.19. The smallest absolute Gasteiger partial charge is 0.0634 e. The number of hydrogen-bond acceptors (Lipinski definition) is 3. The second kappa shape index (κ2) is 3.46. The van der Waals surface area contributed by atoms with Gasteiger partial charge in [0.1, 0.15) is 0 Å². The molecule has 1 aromatic heterocycles. The molecule has 1 heterocycles. The third-order valence-electron chi connectivity index (χ3n) is 2.07. The molecule has 0 saturated carbocycles. The fourth-order valence-electron chi connectivity index (χ4n) is 1.28. The molecule has 2 aromatic rings. The van der Waals surface area contributed by atoms with Crippen LogP contribution in [0.5, 0.6) is 0 Å². The molecule has 1 aromatic carbocycles. The SMILES string of the molecule is C[C@@H](NO)c1cc2ccccc2s1. The van der Waals surface area contributed by atoms with Gasteiger partial charge in [-0.2, -0.15) is 5.48 Å². The number of benzene rings is 1. The van der Waals surface area contributed by atoms with Gasteiger partial charge >= 0.3 is 0 Å². The van der Waals surface area contributed by atoms with Crippen molar-refractivity contribution in [3.05, 3.63) is 35.2 Å². The van der Waals surface area contributed by atoms with E-state index in [1.165, 1.54) is 10.1 Å². The highest BCUT2D eigenvalue weighted by Crippen LogP contribution is 2.29. The van der Waals surface area contributed by atoms with Crippen LogP contribution in [0.1, 0.15) is 17.8 Å². The average Bonchev–Trinajstić information content (AvgIpc) is 2.59. The minimum Gasteiger partial charge on any atom is -0.316 e. The predicted molar refractivity (Wildman–Crippen MR) is 55.2 cm³/mol. The first kappa shape index (κ1) is 8.69. The van der Waals surface area contributed by atoms with E-state index in [1.54, 1.807) is 11.3 Å². The van der Waals surface area contributed by atoms with Crippen LogP contribution in [0.2, 0.25) is 0 Å². The minimum absolute atomic E-state index is 0.0115. The lowest BCUT2D eigenvalue weighted by Gasteiger charge is -2.03. The van der Waals surface area contributed by atoms with Crippen molar-refractivity contribution in [2.24, 2.45) is 0 Å². The van der Waals surface area contributed by atoms with Gasteiger partial charge in [-0.05, 0) is 24.4 Å². The molecule has 0 aliphatic carbocycles. The topological polar surface area (TPSA) is 32.3 Å². The normalized spacial score (nSPS) is 13.4. The molecule has 2 N–H and O–H groups in total. The van der Waals surface area contributed by atoms with Crippen LogP contribution < -0.4 is 5.48 Å². The summed E-state index contributed by atoms with van der Waals surface area (Å²) in [4.78, 5) is 1.16. The van der Waals surface area contributed by atoms with Crippen molar-refractivity contribution in [2.45, 2.75) is 13.0 Å². The molecule has 0 bridgehead atoms. The Morgan fingerprint density at radius 2 is 2.15 bits per heavy atom. The van der Waals surface area contributed by atoms with Crippen molar-refractivity contribution in [3.8, 4) is 0 Å². The molecule has 0 fully saturated rings. The van der Waals surface area contributed by atoms with Crippen LogP contribution >= 0.6 is 11.3 Å². The van der Waals surface area contributed by atoms with Gasteiger partial charge in [-0.1, -0.05) is 18.2 Å². The first-order valence-corrected chi connectivity index (χ1v) is 5.01. The van der Waals surface area contributed by atoms with Crippen molar-refractivity contribution in [1.82, 2.24) is 5.48 Å². The van der Waals surface area contributed by atoms with E-state index in [0.29, 0.717) is 0 Å². The Balaban J connectivity index is 2.49. The summed E-state index contributed by atoms with van der Waals surface area (Å²) in [5.41, 5.74) is 2.25. The van der Waals surface area contributed by atoms with Gasteiger partial charge in [0.05, 0.1) is 6.04 Å². The Morgan fingerprint density at radius 3 is 2.85 bits per heavy atom. The lowest BCUT2D eigenvalue weighted by Crippen LogP contribution is -2.11. The van der Waals surface area contributed by atoms with Crippen LogP contribution in [0, 0.1) is 0 Å². The third-order valence-corrected chi connectivity index (χ3v) is 3.36. The van der Waals surface area contributed by atoms with E-state index in [2.05, 4.69) is 23.7 Å². The third kappa shape index (κ3) is 1.58. The fourth-order valence-corrected chi connectivity index (χ4v) is 2.34. The molecular formula is C10H11NOS. The highest BCUT2D eigenvalue weighted by Gasteiger charge is 2.07. The molecule has 1 atom stereocenters. The first-order chi connectivity index (χ1) is 6.31. The summed E-state index contributed by atoms with van der Waals surface area (Å²) < 4.78 is 1.26. The number of rotatable bonds is 2. The van der Waals surface area contributed by atoms with E-state index in [1.807, 2.05) is 19.1 Å². The van der Waals surface area contributed by atoms with Gasteiger partial charge in [0.15, 0.2) is 0 Å². The molecule has 2 nitrogen and oxygen atoms in total. The second-order valence-electron chi connectivity index (χ2n) is 3.04. The highest BCUT2D eigenvalue weighted by atomic mass is 32.1. The zero-order valence-electron chi connectivity index (χ0n) is 7.32. The molecule has 0 radical (unpaired) electrons. The summed E-state index contributed by atoms with van der Waals surface area (Å²) in [6, 6.07) is 10.3. The van der Waals surface area contributed by atoms with Gasteiger partial charge in [-0.3, -0.25) is 0 Å². The van der Waals surface area contributed by atoms with E-state index < -0.39 is 0 Å². The molecule has 2 rings (SSSR count). The molecule has 0 spiro atoms. The second-order valence-corrected chi connectivity index (χ2v) is 4.15. The molecule has 68 valence electrons. The molecule has 0 unspecified atom stereocenters. The Labute approximate surface area is 80.8 Å². The largest absolute Gasteiger partial charge is 0.316 e. The van der Waals surface area contributed by atoms with Gasteiger partial charge < -0.3 is 5.21 Å². The van der Waals surface area contributed by atoms with Gasteiger partial charge in [-0.15, -0.1) is 11.3 Å². The van der Waals surface area contributed by atoms with E-state index in [4.69, 9.17) is 5.21 Å². The number of nitrogens with one attached hydrogen (secondary N) is 1. The van der Waals surface area contributed by atoms with Crippen molar-refractivity contribution >= 4 is 21.4 Å². The van der Waals surface area contributed by atoms with E-state index in [9.17, 15) is 0 Å². The van der Waals surface area contributed by atoms with Crippen LogP contribution in [0.3, 0.4) is 0 Å². The summed E-state index contributed by atoms with van der Waals surface area (Å²) in [6.45, 7) is 1.94. The summed E-state index contributed by atoms with van der Waals surface area (Å²) in [7, 11) is 0. The molecule has 13 heavy (non-hydrogen) atoms. The van der Waals surface area contributed by atoms with Gasteiger partial charge in [0.2, 0.25) is 0 Å². The summed E-state index contributed by atoms with van der Waals surface area (Å²) in [6.07, 6.45) is 0. The maximum Gasteiger partial charge on any atom is 0.0634 e. The molecular weight excluding hydrogens is 182 g/mol. The monoisotopic (exact) mass is 193 g/mol. The van der Waals surface area contributed by atoms with Crippen molar-refractivity contribution in [1.29, 1.82) is 0 Å². The fraction of sp³-hybridized carbons (Fsp3) is 0.200. The Bertz CT molecular complexity index is 377. The number of hydroxylamine groups is 1. The molecule has 0 aliphatic rings. The van der Waals surface area contributed by atoms with Crippen LogP contribution in [-0.2, 0) is 0 Å². The Kier molecular flexibility index (Phi) is 2.31. The summed E-state index contributed by atoms with van der Waals surface area (Å²) >= 11 is 1.71. The number of fused-ring (bicyclic) bond motifs is 1. The van der Waals surface area contributed by atoms with Gasteiger partial charge in [0.25, 0.3) is 0 Å².